The van der Waals surface area contributed by atoms with Crippen LogP contribution < -0.4 is 0 Å². The highest BCUT2D eigenvalue weighted by molar-refractivity contribution is 4.90. The van der Waals surface area contributed by atoms with Crippen molar-refractivity contribution in [2.24, 2.45) is 0 Å². The molecular formula is C20H38O. The minimum atomic E-state index is 0.643. The van der Waals surface area contributed by atoms with Gasteiger partial charge in [0, 0.05) is 6.42 Å². The number of aliphatic hydroxyl groups excluding tert-OH is 1. The lowest BCUT2D eigenvalue weighted by Crippen LogP contribution is -1.86. The molecule has 21 heavy (non-hydrogen) atoms. The fourth-order valence-corrected chi connectivity index (χ4v) is 3.30. The Balaban J connectivity index is 2.14. The van der Waals surface area contributed by atoms with Crippen LogP contribution in [0.3, 0.4) is 0 Å². The van der Waals surface area contributed by atoms with E-state index in [2.05, 4.69) is 6.08 Å². The summed E-state index contributed by atoms with van der Waals surface area (Å²) in [6, 6.07) is 0. The molecule has 0 aromatic rings. The highest BCUT2D eigenvalue weighted by Crippen LogP contribution is 2.16. The second kappa shape index (κ2) is 14.5. The molecule has 1 nitrogen and oxygen atoms in total. The Hall–Kier alpha value is -0.460. The number of hydrogen-bond acceptors (Lipinski definition) is 1. The zero-order valence-electron chi connectivity index (χ0n) is 14.3. The van der Waals surface area contributed by atoms with Crippen molar-refractivity contribution in [1.29, 1.82) is 0 Å². The van der Waals surface area contributed by atoms with Gasteiger partial charge in [-0.2, -0.15) is 0 Å². The molecule has 0 fully saturated rings. The third-order valence-electron chi connectivity index (χ3n) is 4.77. The Morgan fingerprint density at radius 3 is 1.24 bits per heavy atom. The summed E-state index contributed by atoms with van der Waals surface area (Å²) in [5.41, 5.74) is 0. The molecule has 1 aliphatic carbocycles. The van der Waals surface area contributed by atoms with E-state index in [1.54, 1.807) is 0 Å². The van der Waals surface area contributed by atoms with E-state index in [1.807, 2.05) is 0 Å². The summed E-state index contributed by atoms with van der Waals surface area (Å²) < 4.78 is 0. The molecule has 124 valence electrons. The van der Waals surface area contributed by atoms with Crippen LogP contribution >= 0.6 is 0 Å². The molecule has 0 unspecified atom stereocenters. The molecule has 1 rings (SSSR count). The first-order valence-corrected chi connectivity index (χ1v) is 9.77. The Morgan fingerprint density at radius 2 is 0.810 bits per heavy atom. The number of rotatable bonds is 0. The predicted molar refractivity (Wildman–Crippen MR) is 93.8 cm³/mol. The van der Waals surface area contributed by atoms with Crippen molar-refractivity contribution in [1.82, 2.24) is 0 Å². The normalized spacial score (nSPS) is 25.6. The molecule has 1 heteroatoms. The smallest absolute Gasteiger partial charge is 0.0882 e. The standard InChI is InChI=1S/C20H38O/c21-20-18-16-14-12-10-8-6-4-2-1-3-5-7-9-11-13-15-17-19-20/h18,21H,1-17,19H2/b20-18-. The van der Waals surface area contributed by atoms with Crippen LogP contribution in [0.15, 0.2) is 11.8 Å². The van der Waals surface area contributed by atoms with Crippen LogP contribution in [0, 0.1) is 0 Å². The largest absolute Gasteiger partial charge is 0.513 e. The van der Waals surface area contributed by atoms with Crippen LogP contribution in [0.2, 0.25) is 0 Å². The zero-order valence-corrected chi connectivity index (χ0v) is 14.3. The van der Waals surface area contributed by atoms with Gasteiger partial charge in [0.25, 0.3) is 0 Å². The summed E-state index contributed by atoms with van der Waals surface area (Å²) >= 11 is 0. The summed E-state index contributed by atoms with van der Waals surface area (Å²) in [6.45, 7) is 0. The van der Waals surface area contributed by atoms with E-state index in [1.165, 1.54) is 103 Å². The molecule has 0 aromatic heterocycles. The van der Waals surface area contributed by atoms with Crippen LogP contribution in [0.25, 0.3) is 0 Å². The summed E-state index contributed by atoms with van der Waals surface area (Å²) in [7, 11) is 0. The van der Waals surface area contributed by atoms with E-state index in [4.69, 9.17) is 0 Å². The molecule has 1 N–H and O–H groups in total. The van der Waals surface area contributed by atoms with E-state index in [-0.39, 0.29) is 0 Å². The monoisotopic (exact) mass is 294 g/mol. The van der Waals surface area contributed by atoms with Crippen molar-refractivity contribution in [2.75, 3.05) is 0 Å². The molecule has 1 aliphatic rings. The van der Waals surface area contributed by atoms with Gasteiger partial charge in [0.05, 0.1) is 5.76 Å². The van der Waals surface area contributed by atoms with Gasteiger partial charge in [-0.05, 0) is 25.3 Å². The van der Waals surface area contributed by atoms with E-state index in [9.17, 15) is 5.11 Å². The zero-order chi connectivity index (χ0) is 15.0. The SMILES string of the molecule is O/C1=C\CCCCCCCCCCCCCCCCCC1. The average molecular weight is 295 g/mol. The van der Waals surface area contributed by atoms with Gasteiger partial charge in [0.1, 0.15) is 0 Å². The van der Waals surface area contributed by atoms with Crippen molar-refractivity contribution < 1.29 is 5.11 Å². The number of hydrogen-bond donors (Lipinski definition) is 1. The Bertz CT molecular complexity index is 244. The van der Waals surface area contributed by atoms with Gasteiger partial charge in [-0.1, -0.05) is 89.9 Å². The fourth-order valence-electron chi connectivity index (χ4n) is 3.30. The van der Waals surface area contributed by atoms with Gasteiger partial charge in [0.15, 0.2) is 0 Å². The van der Waals surface area contributed by atoms with Crippen molar-refractivity contribution in [2.45, 2.75) is 116 Å². The molecule has 0 heterocycles. The maximum absolute atomic E-state index is 9.83. The maximum atomic E-state index is 9.83. The highest BCUT2D eigenvalue weighted by atomic mass is 16.3. The second-order valence-electron chi connectivity index (χ2n) is 6.89. The molecule has 0 saturated heterocycles. The van der Waals surface area contributed by atoms with Crippen LogP contribution in [-0.4, -0.2) is 5.11 Å². The Morgan fingerprint density at radius 1 is 0.476 bits per heavy atom. The molecule has 0 aromatic carbocycles. The molecule has 0 bridgehead atoms. The van der Waals surface area contributed by atoms with Crippen molar-refractivity contribution in [3.05, 3.63) is 11.8 Å². The molecule has 0 spiro atoms. The first-order chi connectivity index (χ1) is 10.4. The van der Waals surface area contributed by atoms with Crippen molar-refractivity contribution in [3.8, 4) is 0 Å². The van der Waals surface area contributed by atoms with Gasteiger partial charge < -0.3 is 5.11 Å². The van der Waals surface area contributed by atoms with Gasteiger partial charge in [-0.3, -0.25) is 0 Å². The summed E-state index contributed by atoms with van der Waals surface area (Å²) in [6.07, 6.45) is 26.2. The number of aliphatic hydroxyl groups is 1. The molecule has 0 aliphatic heterocycles. The highest BCUT2D eigenvalue weighted by Gasteiger charge is 1.97. The molecule has 0 atom stereocenters. The fraction of sp³-hybridized carbons (Fsp3) is 0.900. The third kappa shape index (κ3) is 13.0. The van der Waals surface area contributed by atoms with Crippen LogP contribution in [0.1, 0.15) is 116 Å². The van der Waals surface area contributed by atoms with E-state index < -0.39 is 0 Å². The summed E-state index contributed by atoms with van der Waals surface area (Å²) in [5, 5.41) is 9.83. The predicted octanol–water partition coefficient (Wildman–Crippen LogP) is 7.46. The van der Waals surface area contributed by atoms with Gasteiger partial charge in [-0.25, -0.2) is 0 Å². The van der Waals surface area contributed by atoms with Crippen molar-refractivity contribution in [3.63, 3.8) is 0 Å². The lowest BCUT2D eigenvalue weighted by molar-refractivity contribution is 0.376. The van der Waals surface area contributed by atoms with E-state index >= 15 is 0 Å². The first kappa shape index (κ1) is 18.6. The van der Waals surface area contributed by atoms with Crippen LogP contribution in [0.4, 0.5) is 0 Å². The molecule has 0 amide bonds. The minimum Gasteiger partial charge on any atom is -0.513 e. The summed E-state index contributed by atoms with van der Waals surface area (Å²) in [5.74, 6) is 0.643. The average Bonchev–Trinajstić information content (AvgIpc) is 2.48. The topological polar surface area (TPSA) is 20.2 Å². The third-order valence-corrected chi connectivity index (χ3v) is 4.77. The molecular weight excluding hydrogens is 256 g/mol. The minimum absolute atomic E-state index is 0.643. The molecule has 0 saturated carbocycles. The lowest BCUT2D eigenvalue weighted by Gasteiger charge is -2.05. The van der Waals surface area contributed by atoms with Gasteiger partial charge >= 0.3 is 0 Å². The lowest BCUT2D eigenvalue weighted by atomic mass is 10.0. The molecule has 0 radical (unpaired) electrons. The van der Waals surface area contributed by atoms with E-state index in [0.29, 0.717) is 5.76 Å². The van der Waals surface area contributed by atoms with Crippen LogP contribution in [0.5, 0.6) is 0 Å². The Kier molecular flexibility index (Phi) is 12.8. The maximum Gasteiger partial charge on any atom is 0.0882 e. The second-order valence-corrected chi connectivity index (χ2v) is 6.89. The Labute approximate surface area is 133 Å². The number of allylic oxidation sites excluding steroid dienone is 2. The van der Waals surface area contributed by atoms with Gasteiger partial charge in [-0.15, -0.1) is 0 Å². The summed E-state index contributed by atoms with van der Waals surface area (Å²) in [4.78, 5) is 0. The first-order valence-electron chi connectivity index (χ1n) is 9.77. The van der Waals surface area contributed by atoms with Crippen LogP contribution in [-0.2, 0) is 0 Å². The van der Waals surface area contributed by atoms with Gasteiger partial charge in [0.2, 0.25) is 0 Å². The van der Waals surface area contributed by atoms with E-state index in [0.717, 1.165) is 12.8 Å². The van der Waals surface area contributed by atoms with Crippen molar-refractivity contribution >= 4 is 0 Å². The quantitative estimate of drug-likeness (QED) is 0.491.